The van der Waals surface area contributed by atoms with Gasteiger partial charge in [0, 0.05) is 36.8 Å². The van der Waals surface area contributed by atoms with E-state index in [1.54, 1.807) is 19.2 Å². The monoisotopic (exact) mass is 292 g/mol. The summed E-state index contributed by atoms with van der Waals surface area (Å²) in [5.74, 6) is 0.768. The van der Waals surface area contributed by atoms with Gasteiger partial charge in [-0.15, -0.1) is 0 Å². The van der Waals surface area contributed by atoms with Crippen LogP contribution in [-0.2, 0) is 11.3 Å². The van der Waals surface area contributed by atoms with E-state index < -0.39 is 6.09 Å². The molecular weight excluding hydrogens is 272 g/mol. The number of nitrogens with one attached hydrogen (secondary N) is 1. The lowest BCUT2D eigenvalue weighted by atomic mass is 10.1. The maximum absolute atomic E-state index is 11.2. The zero-order valence-electron chi connectivity index (χ0n) is 12.3. The third-order valence-corrected chi connectivity index (χ3v) is 3.61. The zero-order valence-corrected chi connectivity index (χ0v) is 12.3. The van der Waals surface area contributed by atoms with Crippen LogP contribution in [0.3, 0.4) is 0 Å². The van der Waals surface area contributed by atoms with Crippen LogP contribution in [0.1, 0.15) is 22.3 Å². The number of benzene rings is 1. The van der Waals surface area contributed by atoms with E-state index in [4.69, 9.17) is 4.74 Å². The van der Waals surface area contributed by atoms with Gasteiger partial charge in [-0.2, -0.15) is 0 Å². The molecule has 21 heavy (non-hydrogen) atoms. The molecule has 0 aliphatic carbocycles. The van der Waals surface area contributed by atoms with Crippen molar-refractivity contribution in [2.75, 3.05) is 27.3 Å². The molecule has 0 spiro atoms. The van der Waals surface area contributed by atoms with E-state index in [9.17, 15) is 9.59 Å². The number of hydrogen-bond acceptors (Lipinski definition) is 5. The third kappa shape index (κ3) is 3.95. The van der Waals surface area contributed by atoms with Crippen LogP contribution < -0.4 is 10.1 Å². The number of likely N-dealkylation sites (tertiary alicyclic amines) is 1. The highest BCUT2D eigenvalue weighted by Gasteiger charge is 2.24. The summed E-state index contributed by atoms with van der Waals surface area (Å²) in [5.41, 5.74) is 1.61. The Morgan fingerprint density at radius 3 is 2.95 bits per heavy atom. The van der Waals surface area contributed by atoms with Crippen molar-refractivity contribution < 1.29 is 19.1 Å². The number of methoxy groups -OCH3 is 2. The molecule has 1 amide bonds. The molecule has 1 unspecified atom stereocenters. The summed E-state index contributed by atoms with van der Waals surface area (Å²) in [6.07, 6.45) is 1.31. The molecule has 0 saturated carbocycles. The maximum atomic E-state index is 11.2. The Kier molecular flexibility index (Phi) is 5.16. The highest BCUT2D eigenvalue weighted by atomic mass is 16.5. The maximum Gasteiger partial charge on any atom is 0.407 e. The normalized spacial score (nSPS) is 18.3. The quantitative estimate of drug-likeness (QED) is 0.832. The number of hydrogen-bond donors (Lipinski definition) is 1. The summed E-state index contributed by atoms with van der Waals surface area (Å²) in [7, 11) is 2.98. The van der Waals surface area contributed by atoms with Crippen LogP contribution >= 0.6 is 0 Å². The number of carbonyl (C=O) groups is 2. The first-order valence-electron chi connectivity index (χ1n) is 6.85. The predicted molar refractivity (Wildman–Crippen MR) is 77.6 cm³/mol. The molecule has 1 saturated heterocycles. The fraction of sp³-hybridized carbons (Fsp3) is 0.467. The average molecular weight is 292 g/mol. The lowest BCUT2D eigenvalue weighted by Crippen LogP contribution is -2.36. The molecule has 1 aromatic carbocycles. The molecule has 1 fully saturated rings. The number of aldehydes is 1. The van der Waals surface area contributed by atoms with Gasteiger partial charge in [-0.05, 0) is 24.6 Å². The summed E-state index contributed by atoms with van der Waals surface area (Å²) in [6, 6.07) is 5.48. The fourth-order valence-corrected chi connectivity index (χ4v) is 2.56. The number of ether oxygens (including phenoxy) is 2. The summed E-state index contributed by atoms with van der Waals surface area (Å²) < 4.78 is 9.94. The standard InChI is InChI=1S/C15H20N2O4/c1-20-14-4-3-11(10-18)7-12(14)8-17-6-5-13(9-17)16-15(19)21-2/h3-4,7,10,13H,5-6,8-9H2,1-2H3,(H,16,19). The minimum Gasteiger partial charge on any atom is -0.496 e. The van der Waals surface area contributed by atoms with Gasteiger partial charge in [-0.25, -0.2) is 4.79 Å². The van der Waals surface area contributed by atoms with Gasteiger partial charge in [-0.3, -0.25) is 9.69 Å². The van der Waals surface area contributed by atoms with Crippen LogP contribution in [0.25, 0.3) is 0 Å². The molecule has 2 rings (SSSR count). The minimum atomic E-state index is -0.401. The predicted octanol–water partition coefficient (Wildman–Crippen LogP) is 1.44. The number of alkyl carbamates (subject to hydrolysis) is 1. The zero-order chi connectivity index (χ0) is 15.2. The summed E-state index contributed by atoms with van der Waals surface area (Å²) in [6.45, 7) is 2.32. The van der Waals surface area contributed by atoms with Crippen molar-refractivity contribution in [1.82, 2.24) is 10.2 Å². The second-order valence-corrected chi connectivity index (χ2v) is 5.05. The highest BCUT2D eigenvalue weighted by Crippen LogP contribution is 2.23. The van der Waals surface area contributed by atoms with Gasteiger partial charge >= 0.3 is 6.09 Å². The molecule has 0 aromatic heterocycles. The Balaban J connectivity index is 1.99. The largest absolute Gasteiger partial charge is 0.496 e. The highest BCUT2D eigenvalue weighted by molar-refractivity contribution is 5.75. The van der Waals surface area contributed by atoms with Crippen molar-refractivity contribution >= 4 is 12.4 Å². The number of amides is 1. The van der Waals surface area contributed by atoms with E-state index in [2.05, 4.69) is 15.0 Å². The van der Waals surface area contributed by atoms with E-state index in [-0.39, 0.29) is 6.04 Å². The third-order valence-electron chi connectivity index (χ3n) is 3.61. The van der Waals surface area contributed by atoms with Crippen LogP contribution in [0.4, 0.5) is 4.79 Å². The topological polar surface area (TPSA) is 67.9 Å². The van der Waals surface area contributed by atoms with E-state index >= 15 is 0 Å². The first-order chi connectivity index (χ1) is 10.2. The Morgan fingerprint density at radius 2 is 2.29 bits per heavy atom. The van der Waals surface area contributed by atoms with Crippen molar-refractivity contribution in [3.05, 3.63) is 29.3 Å². The van der Waals surface area contributed by atoms with E-state index in [1.165, 1.54) is 7.11 Å². The van der Waals surface area contributed by atoms with Crippen molar-refractivity contribution in [2.24, 2.45) is 0 Å². The van der Waals surface area contributed by atoms with Gasteiger partial charge in [0.2, 0.25) is 0 Å². The molecule has 1 aliphatic rings. The Hall–Kier alpha value is -2.08. The molecule has 1 N–H and O–H groups in total. The van der Waals surface area contributed by atoms with Crippen LogP contribution in [0.2, 0.25) is 0 Å². The molecule has 1 aliphatic heterocycles. The van der Waals surface area contributed by atoms with Crippen molar-refractivity contribution in [2.45, 2.75) is 19.0 Å². The van der Waals surface area contributed by atoms with Gasteiger partial charge in [-0.1, -0.05) is 0 Å². The molecule has 1 atom stereocenters. The van der Waals surface area contributed by atoms with Gasteiger partial charge < -0.3 is 14.8 Å². The van der Waals surface area contributed by atoms with Gasteiger partial charge in [0.05, 0.1) is 14.2 Å². The van der Waals surface area contributed by atoms with E-state index in [1.807, 2.05) is 6.07 Å². The second kappa shape index (κ2) is 7.08. The lowest BCUT2D eigenvalue weighted by molar-refractivity contribution is 0.112. The molecule has 1 heterocycles. The molecule has 6 nitrogen and oxygen atoms in total. The van der Waals surface area contributed by atoms with Crippen molar-refractivity contribution in [3.63, 3.8) is 0 Å². The number of carbonyl (C=O) groups excluding carboxylic acids is 2. The number of nitrogens with zero attached hydrogens (tertiary/aromatic N) is 1. The van der Waals surface area contributed by atoms with E-state index in [0.29, 0.717) is 12.1 Å². The van der Waals surface area contributed by atoms with Crippen LogP contribution in [0.5, 0.6) is 5.75 Å². The van der Waals surface area contributed by atoms with Gasteiger partial charge in [0.1, 0.15) is 12.0 Å². The fourth-order valence-electron chi connectivity index (χ4n) is 2.56. The minimum absolute atomic E-state index is 0.0951. The molecule has 0 bridgehead atoms. The Bertz CT molecular complexity index is 518. The Morgan fingerprint density at radius 1 is 1.48 bits per heavy atom. The second-order valence-electron chi connectivity index (χ2n) is 5.05. The smallest absolute Gasteiger partial charge is 0.407 e. The average Bonchev–Trinajstić information content (AvgIpc) is 2.94. The summed E-state index contributed by atoms with van der Waals surface area (Å²) in [5, 5.41) is 2.81. The number of rotatable bonds is 5. The van der Waals surface area contributed by atoms with Crippen LogP contribution in [-0.4, -0.2) is 50.6 Å². The first kappa shape index (κ1) is 15.3. The Labute approximate surface area is 124 Å². The first-order valence-corrected chi connectivity index (χ1v) is 6.85. The molecular formula is C15H20N2O4. The van der Waals surface area contributed by atoms with Crippen molar-refractivity contribution in [1.29, 1.82) is 0 Å². The van der Waals surface area contributed by atoms with Crippen molar-refractivity contribution in [3.8, 4) is 5.75 Å². The molecule has 6 heteroatoms. The SMILES string of the molecule is COC(=O)NC1CCN(Cc2cc(C=O)ccc2OC)C1. The summed E-state index contributed by atoms with van der Waals surface area (Å²) >= 11 is 0. The van der Waals surface area contributed by atoms with Crippen LogP contribution in [0, 0.1) is 0 Å². The molecule has 114 valence electrons. The molecule has 1 aromatic rings. The lowest BCUT2D eigenvalue weighted by Gasteiger charge is -2.18. The van der Waals surface area contributed by atoms with Gasteiger partial charge in [0.25, 0.3) is 0 Å². The van der Waals surface area contributed by atoms with Crippen LogP contribution in [0.15, 0.2) is 18.2 Å². The summed E-state index contributed by atoms with van der Waals surface area (Å²) in [4.78, 5) is 24.3. The van der Waals surface area contributed by atoms with Gasteiger partial charge in [0.15, 0.2) is 0 Å². The van der Waals surface area contributed by atoms with E-state index in [0.717, 1.165) is 37.1 Å². The molecule has 0 radical (unpaired) electrons.